The van der Waals surface area contributed by atoms with Crippen LogP contribution in [0.25, 0.3) is 0 Å². The molecule has 2 amide bonds. The summed E-state index contributed by atoms with van der Waals surface area (Å²) in [5.74, 6) is -0.992. The Kier molecular flexibility index (Phi) is 9.85. The molecule has 1 aromatic carbocycles. The van der Waals surface area contributed by atoms with Crippen molar-refractivity contribution in [1.29, 1.82) is 0 Å². The van der Waals surface area contributed by atoms with E-state index in [1.54, 1.807) is 34.7 Å². The molecule has 0 spiro atoms. The number of benzene rings is 1. The molecule has 4 aromatic rings. The minimum atomic E-state index is -4.46. The molecule has 222 valence electrons. The fourth-order valence-corrected chi connectivity index (χ4v) is 4.15. The smallest absolute Gasteiger partial charge is 0.347 e. The van der Waals surface area contributed by atoms with Crippen LogP contribution < -0.4 is 10.6 Å². The fourth-order valence-electron chi connectivity index (χ4n) is 3.81. The molecule has 0 aliphatic heterocycles. The van der Waals surface area contributed by atoms with E-state index in [-0.39, 0.29) is 24.5 Å². The first-order valence-corrected chi connectivity index (χ1v) is 13.8. The molecular weight excluding hydrogens is 673 g/mol. The number of halogens is 5. The number of hydrogen-bond donors (Lipinski definition) is 2. The lowest BCUT2D eigenvalue weighted by atomic mass is 10.1. The zero-order valence-corrected chi connectivity index (χ0v) is 24.4. The van der Waals surface area contributed by atoms with Gasteiger partial charge in [0.05, 0.1) is 30.2 Å². The highest BCUT2D eigenvalue weighted by atomic mass is 127. The Morgan fingerprint density at radius 1 is 0.857 bits per heavy atom. The van der Waals surface area contributed by atoms with Gasteiger partial charge in [-0.15, -0.1) is 10.2 Å². The highest BCUT2D eigenvalue weighted by Gasteiger charge is 2.30. The normalized spacial score (nSPS) is 13.0. The zero-order valence-electron chi connectivity index (χ0n) is 22.3. The summed E-state index contributed by atoms with van der Waals surface area (Å²) >= 11 is 1.69. The summed E-state index contributed by atoms with van der Waals surface area (Å²) in [4.78, 5) is 28.9. The van der Waals surface area contributed by atoms with E-state index in [9.17, 15) is 27.2 Å². The van der Waals surface area contributed by atoms with Crippen molar-refractivity contribution in [3.63, 3.8) is 0 Å². The average molecular weight is 699 g/mol. The third-order valence-electron chi connectivity index (χ3n) is 6.03. The van der Waals surface area contributed by atoms with Crippen LogP contribution in [0.2, 0.25) is 0 Å². The fraction of sp³-hybridized carbons (Fsp3) is 0.346. The van der Waals surface area contributed by atoms with Gasteiger partial charge in [0.15, 0.2) is 15.1 Å². The van der Waals surface area contributed by atoms with Crippen LogP contribution in [-0.4, -0.2) is 46.8 Å². The SMILES string of the molecule is CC(F)(I)c1ccnc(CNC(=O)c2cn(CCCCn3cc(C(=O)NCc4cccc(C(F)(F)F)c4)nn3)nn2)c1. The molecule has 1 unspecified atom stereocenters. The first kappa shape index (κ1) is 31.0. The molecule has 1 atom stereocenters. The zero-order chi connectivity index (χ0) is 30.3. The van der Waals surface area contributed by atoms with Gasteiger partial charge in [0.1, 0.15) is 0 Å². The van der Waals surface area contributed by atoms with Crippen LogP contribution in [0.1, 0.15) is 63.1 Å². The lowest BCUT2D eigenvalue weighted by molar-refractivity contribution is -0.137. The van der Waals surface area contributed by atoms with E-state index in [4.69, 9.17) is 0 Å². The molecule has 0 bridgehead atoms. The molecule has 42 heavy (non-hydrogen) atoms. The minimum absolute atomic E-state index is 0.0452. The molecule has 2 N–H and O–H groups in total. The third kappa shape index (κ3) is 8.77. The van der Waals surface area contributed by atoms with Gasteiger partial charge in [-0.3, -0.25) is 23.9 Å². The molecule has 11 nitrogen and oxygen atoms in total. The Bertz CT molecular complexity index is 1420. The topological polar surface area (TPSA) is 133 Å². The molecule has 0 aliphatic carbocycles. The second-order valence-corrected chi connectivity index (χ2v) is 11.5. The second-order valence-electron chi connectivity index (χ2n) is 9.43. The van der Waals surface area contributed by atoms with Crippen molar-refractivity contribution in [3.05, 3.63) is 88.8 Å². The summed E-state index contributed by atoms with van der Waals surface area (Å²) in [6.45, 7) is 2.39. The highest BCUT2D eigenvalue weighted by molar-refractivity contribution is 14.1. The van der Waals surface area contributed by atoms with Gasteiger partial charge in [0.2, 0.25) is 0 Å². The Balaban J connectivity index is 1.18. The number of rotatable bonds is 12. The summed E-state index contributed by atoms with van der Waals surface area (Å²) in [5, 5.41) is 20.8. The van der Waals surface area contributed by atoms with Crippen LogP contribution in [0.4, 0.5) is 17.6 Å². The van der Waals surface area contributed by atoms with Crippen LogP contribution in [-0.2, 0) is 36.0 Å². The summed E-state index contributed by atoms with van der Waals surface area (Å²) < 4.78 is 54.2. The van der Waals surface area contributed by atoms with E-state index in [1.807, 2.05) is 0 Å². The predicted octanol–water partition coefficient (Wildman–Crippen LogP) is 4.20. The Morgan fingerprint density at radius 3 is 2.02 bits per heavy atom. The van der Waals surface area contributed by atoms with Gasteiger partial charge < -0.3 is 10.6 Å². The highest BCUT2D eigenvalue weighted by Crippen LogP contribution is 2.32. The van der Waals surface area contributed by atoms with Gasteiger partial charge in [-0.25, -0.2) is 4.39 Å². The van der Waals surface area contributed by atoms with Crippen molar-refractivity contribution in [2.75, 3.05) is 0 Å². The van der Waals surface area contributed by atoms with Crippen molar-refractivity contribution in [1.82, 2.24) is 45.6 Å². The van der Waals surface area contributed by atoms with Gasteiger partial charge in [-0.05, 0) is 72.2 Å². The van der Waals surface area contributed by atoms with Gasteiger partial charge >= 0.3 is 6.18 Å². The molecule has 16 heteroatoms. The summed E-state index contributed by atoms with van der Waals surface area (Å²) in [5.41, 5.74) is 0.662. The van der Waals surface area contributed by atoms with E-state index < -0.39 is 27.2 Å². The number of amides is 2. The third-order valence-corrected chi connectivity index (χ3v) is 6.65. The van der Waals surface area contributed by atoms with E-state index >= 15 is 0 Å². The lowest BCUT2D eigenvalue weighted by Crippen LogP contribution is -2.24. The maximum Gasteiger partial charge on any atom is 0.416 e. The van der Waals surface area contributed by atoms with Crippen LogP contribution in [0.5, 0.6) is 0 Å². The molecule has 0 aliphatic rings. The molecule has 3 heterocycles. The standard InChI is InChI=1S/C26H26F4IN9O2/c1-25(27,31)18-7-8-32-20(12-18)14-34-24(42)22-16-40(38-36-22)10-3-2-9-39-15-21(35-37-39)23(41)33-13-17-5-4-6-19(11-17)26(28,29)30/h4-8,11-12,15-16H,2-3,9-10,13-14H2,1H3,(H,33,41)(H,34,42). The van der Waals surface area contributed by atoms with Crippen molar-refractivity contribution in [2.24, 2.45) is 0 Å². The van der Waals surface area contributed by atoms with Crippen LogP contribution in [0.15, 0.2) is 55.0 Å². The number of nitrogens with one attached hydrogen (secondary N) is 2. The number of alkyl halides is 5. The van der Waals surface area contributed by atoms with Gasteiger partial charge in [0.25, 0.3) is 11.8 Å². The number of carbonyl (C=O) groups excluding carboxylic acids is 2. The van der Waals surface area contributed by atoms with E-state index in [0.717, 1.165) is 12.1 Å². The minimum Gasteiger partial charge on any atom is -0.347 e. The van der Waals surface area contributed by atoms with Crippen LogP contribution in [0, 0.1) is 0 Å². The molecule has 0 saturated heterocycles. The molecule has 0 fully saturated rings. The first-order chi connectivity index (χ1) is 19.9. The number of aryl methyl sites for hydroxylation is 2. The maximum absolute atomic E-state index is 14.1. The van der Waals surface area contributed by atoms with Gasteiger partial charge in [-0.2, -0.15) is 13.2 Å². The van der Waals surface area contributed by atoms with Crippen molar-refractivity contribution < 1.29 is 27.2 Å². The van der Waals surface area contributed by atoms with Crippen molar-refractivity contribution in [3.8, 4) is 0 Å². The Labute approximate surface area is 251 Å². The van der Waals surface area contributed by atoms with E-state index in [2.05, 4.69) is 36.2 Å². The average Bonchev–Trinajstić information content (AvgIpc) is 3.62. The van der Waals surface area contributed by atoms with Crippen molar-refractivity contribution in [2.45, 2.75) is 55.8 Å². The molecule has 3 aromatic heterocycles. The predicted molar refractivity (Wildman–Crippen MR) is 150 cm³/mol. The maximum atomic E-state index is 14.1. The number of aromatic nitrogens is 7. The summed E-state index contributed by atoms with van der Waals surface area (Å²) in [6, 6.07) is 7.89. The van der Waals surface area contributed by atoms with Gasteiger partial charge in [-0.1, -0.05) is 22.6 Å². The molecule has 0 saturated carbocycles. The van der Waals surface area contributed by atoms with E-state index in [0.29, 0.717) is 42.8 Å². The number of nitrogens with zero attached hydrogens (tertiary/aromatic N) is 7. The van der Waals surface area contributed by atoms with Crippen molar-refractivity contribution >= 4 is 34.4 Å². The van der Waals surface area contributed by atoms with Crippen LogP contribution >= 0.6 is 22.6 Å². The summed E-state index contributed by atoms with van der Waals surface area (Å²) in [6.07, 6.45) is 1.32. The summed E-state index contributed by atoms with van der Waals surface area (Å²) in [7, 11) is 0. The number of carbonyl (C=O) groups is 2. The Hall–Kier alpha value is -3.96. The van der Waals surface area contributed by atoms with Gasteiger partial charge in [0, 0.05) is 31.4 Å². The molecule has 4 rings (SSSR count). The first-order valence-electron chi connectivity index (χ1n) is 12.7. The molecule has 0 radical (unpaired) electrons. The van der Waals surface area contributed by atoms with Crippen LogP contribution in [0.3, 0.4) is 0 Å². The molecular formula is C26H26F4IN9O2. The monoisotopic (exact) mass is 699 g/mol. The van der Waals surface area contributed by atoms with E-state index in [1.165, 1.54) is 47.0 Å². The number of pyridine rings is 1. The number of hydrogen-bond acceptors (Lipinski definition) is 7. The lowest BCUT2D eigenvalue weighted by Gasteiger charge is -2.13. The second kappa shape index (κ2) is 13.3. The quantitative estimate of drug-likeness (QED) is 0.0981. The largest absolute Gasteiger partial charge is 0.416 e. The number of unbranched alkanes of at least 4 members (excludes halogenated alkanes) is 1. The Morgan fingerprint density at radius 2 is 1.45 bits per heavy atom.